The molecule has 0 radical (unpaired) electrons. The van der Waals surface area contributed by atoms with E-state index in [1.54, 1.807) is 17.5 Å². The topological polar surface area (TPSA) is 69.6 Å². The lowest BCUT2D eigenvalue weighted by molar-refractivity contribution is -0.137. The highest BCUT2D eigenvalue weighted by Crippen LogP contribution is 2.34. The van der Waals surface area contributed by atoms with Gasteiger partial charge in [0, 0.05) is 11.4 Å². The summed E-state index contributed by atoms with van der Waals surface area (Å²) in [7, 11) is 0. The number of thioether (sulfide) groups is 1. The van der Waals surface area contributed by atoms with Crippen LogP contribution < -0.4 is 5.43 Å². The van der Waals surface area contributed by atoms with Gasteiger partial charge in [-0.15, -0.1) is 11.3 Å². The molecule has 0 atom stereocenters. The molecule has 1 aromatic carbocycles. The molecule has 10 heteroatoms. The van der Waals surface area contributed by atoms with E-state index in [2.05, 4.69) is 5.43 Å². The molecule has 1 amide bonds. The lowest BCUT2D eigenvalue weighted by Crippen LogP contribution is -2.42. The number of carbonyl (C=O) groups excluding carboxylic acids is 1. The summed E-state index contributed by atoms with van der Waals surface area (Å²) in [5.41, 5.74) is 3.94. The minimum atomic E-state index is -0.980. The van der Waals surface area contributed by atoms with Crippen molar-refractivity contribution >= 4 is 57.6 Å². The minimum Gasteiger partial charge on any atom is -0.481 e. The Kier molecular flexibility index (Phi) is 6.00. The maximum Gasteiger partial charge on any atom is 0.304 e. The summed E-state index contributed by atoms with van der Waals surface area (Å²) in [4.78, 5) is 24.1. The average Bonchev–Trinajstić information content (AvgIpc) is 3.17. The van der Waals surface area contributed by atoms with Crippen molar-refractivity contribution in [3.63, 3.8) is 0 Å². The molecule has 2 aromatic rings. The standard InChI is InChI=1S/C17H12F2N2O3S3/c18-12-2-1-9(6-13(12)19)10-5-11(26-8-10)7-14-16(24)21(17(25)27-14)20-4-3-15(22)23/h1-2,5-8,20H,3-4H2,(H,22,23). The molecule has 2 heterocycles. The van der Waals surface area contributed by atoms with Crippen molar-refractivity contribution in [1.29, 1.82) is 0 Å². The highest BCUT2D eigenvalue weighted by atomic mass is 32.2. The van der Waals surface area contributed by atoms with Crippen LogP contribution in [0.2, 0.25) is 0 Å². The van der Waals surface area contributed by atoms with Crippen molar-refractivity contribution in [3.05, 3.63) is 51.1 Å². The van der Waals surface area contributed by atoms with E-state index in [0.29, 0.717) is 16.0 Å². The number of hydrogen-bond donors (Lipinski definition) is 2. The first kappa shape index (κ1) is 19.6. The maximum atomic E-state index is 13.4. The number of rotatable bonds is 6. The Hall–Kier alpha value is -2.14. The Balaban J connectivity index is 1.74. The number of hydrazine groups is 1. The molecule has 0 aliphatic carbocycles. The largest absolute Gasteiger partial charge is 0.481 e. The number of benzene rings is 1. The Morgan fingerprint density at radius 2 is 2.04 bits per heavy atom. The molecule has 1 aliphatic rings. The quantitative estimate of drug-likeness (QED) is 0.540. The second-order valence-corrected chi connectivity index (χ2v) is 8.05. The van der Waals surface area contributed by atoms with Crippen LogP contribution in [0.25, 0.3) is 17.2 Å². The molecule has 140 valence electrons. The maximum absolute atomic E-state index is 13.4. The summed E-state index contributed by atoms with van der Waals surface area (Å²) in [6, 6.07) is 5.43. The molecule has 1 aromatic heterocycles. The Morgan fingerprint density at radius 3 is 2.74 bits per heavy atom. The summed E-state index contributed by atoms with van der Waals surface area (Å²) in [5, 5.41) is 11.6. The van der Waals surface area contributed by atoms with Crippen molar-refractivity contribution in [2.75, 3.05) is 6.54 Å². The number of hydrogen-bond acceptors (Lipinski definition) is 6. The molecule has 27 heavy (non-hydrogen) atoms. The first-order valence-corrected chi connectivity index (χ1v) is 9.73. The number of thiocarbonyl (C=S) groups is 1. The number of thiophene rings is 1. The molecular weight excluding hydrogens is 414 g/mol. The van der Waals surface area contributed by atoms with Crippen LogP contribution in [0.1, 0.15) is 11.3 Å². The first-order chi connectivity index (χ1) is 12.8. The average molecular weight is 426 g/mol. The van der Waals surface area contributed by atoms with Gasteiger partial charge in [0.15, 0.2) is 16.0 Å². The van der Waals surface area contributed by atoms with Crippen LogP contribution >= 0.6 is 35.3 Å². The van der Waals surface area contributed by atoms with Crippen LogP contribution in [0, 0.1) is 11.6 Å². The number of carboxylic acid groups (broad SMARTS) is 1. The van der Waals surface area contributed by atoms with Crippen LogP contribution in [0.3, 0.4) is 0 Å². The van der Waals surface area contributed by atoms with Crippen molar-refractivity contribution in [2.45, 2.75) is 6.42 Å². The molecule has 2 N–H and O–H groups in total. The number of carbonyl (C=O) groups is 2. The monoisotopic (exact) mass is 426 g/mol. The summed E-state index contributed by atoms with van der Waals surface area (Å²) in [6.45, 7) is 0.0777. The van der Waals surface area contributed by atoms with E-state index >= 15 is 0 Å². The Bertz CT molecular complexity index is 959. The minimum absolute atomic E-state index is 0.0777. The second-order valence-electron chi connectivity index (χ2n) is 5.44. The molecule has 5 nitrogen and oxygen atoms in total. The molecule has 3 rings (SSSR count). The Morgan fingerprint density at radius 1 is 1.26 bits per heavy atom. The molecular formula is C17H12F2N2O3S3. The molecule has 0 spiro atoms. The number of carboxylic acids is 1. The molecule has 1 fully saturated rings. The fraction of sp³-hybridized carbons (Fsp3) is 0.118. The predicted octanol–water partition coefficient (Wildman–Crippen LogP) is 3.87. The normalized spacial score (nSPS) is 15.8. The van der Waals surface area contributed by atoms with Gasteiger partial charge >= 0.3 is 5.97 Å². The highest BCUT2D eigenvalue weighted by Gasteiger charge is 2.32. The van der Waals surface area contributed by atoms with Gasteiger partial charge in [-0.05, 0) is 40.8 Å². The third-order valence-electron chi connectivity index (χ3n) is 3.55. The lowest BCUT2D eigenvalue weighted by atomic mass is 10.1. The zero-order chi connectivity index (χ0) is 19.6. The van der Waals surface area contributed by atoms with E-state index in [0.717, 1.165) is 33.8 Å². The van der Waals surface area contributed by atoms with Gasteiger partial charge in [0.05, 0.1) is 11.3 Å². The van der Waals surface area contributed by atoms with E-state index in [4.69, 9.17) is 17.3 Å². The number of nitrogens with zero attached hydrogens (tertiary/aromatic N) is 1. The fourth-order valence-corrected chi connectivity index (χ4v) is 4.39. The summed E-state index contributed by atoms with van der Waals surface area (Å²) in [6.07, 6.45) is 1.52. The smallest absolute Gasteiger partial charge is 0.304 e. The first-order valence-electron chi connectivity index (χ1n) is 7.62. The van der Waals surface area contributed by atoms with Crippen LogP contribution in [0.4, 0.5) is 8.78 Å². The highest BCUT2D eigenvalue weighted by molar-refractivity contribution is 8.26. The Labute approximate surface area is 166 Å². The second kappa shape index (κ2) is 8.26. The van der Waals surface area contributed by atoms with Crippen molar-refractivity contribution in [2.24, 2.45) is 0 Å². The zero-order valence-corrected chi connectivity index (χ0v) is 16.0. The SMILES string of the molecule is O=C(O)CCNN1C(=O)C(=Cc2cc(-c3ccc(F)c(F)c3)cs2)SC1=S. The predicted molar refractivity (Wildman–Crippen MR) is 105 cm³/mol. The van der Waals surface area contributed by atoms with Crippen LogP contribution in [0.15, 0.2) is 34.6 Å². The van der Waals surface area contributed by atoms with Gasteiger partial charge < -0.3 is 5.11 Å². The van der Waals surface area contributed by atoms with Crippen molar-refractivity contribution in [3.8, 4) is 11.1 Å². The van der Waals surface area contributed by atoms with Gasteiger partial charge in [-0.3, -0.25) is 9.59 Å². The van der Waals surface area contributed by atoms with Gasteiger partial charge in [0.2, 0.25) is 0 Å². The van der Waals surface area contributed by atoms with Gasteiger partial charge in [0.25, 0.3) is 5.91 Å². The summed E-state index contributed by atoms with van der Waals surface area (Å²) < 4.78 is 26.7. The zero-order valence-electron chi connectivity index (χ0n) is 13.6. The number of nitrogens with one attached hydrogen (secondary N) is 1. The van der Waals surface area contributed by atoms with Crippen LogP contribution in [-0.4, -0.2) is 32.9 Å². The fourth-order valence-electron chi connectivity index (χ4n) is 2.26. The van der Waals surface area contributed by atoms with E-state index in [-0.39, 0.29) is 23.2 Å². The molecule has 0 saturated carbocycles. The number of amides is 1. The molecule has 0 unspecified atom stereocenters. The van der Waals surface area contributed by atoms with Crippen molar-refractivity contribution < 1.29 is 23.5 Å². The van der Waals surface area contributed by atoms with E-state index in [1.807, 2.05) is 0 Å². The lowest BCUT2D eigenvalue weighted by Gasteiger charge is -2.14. The molecule has 1 aliphatic heterocycles. The van der Waals surface area contributed by atoms with E-state index in [1.165, 1.54) is 17.4 Å². The summed E-state index contributed by atoms with van der Waals surface area (Å²) >= 11 is 7.59. The van der Waals surface area contributed by atoms with Gasteiger partial charge in [-0.25, -0.2) is 19.2 Å². The molecule has 1 saturated heterocycles. The van der Waals surface area contributed by atoms with Gasteiger partial charge in [-0.2, -0.15) is 0 Å². The van der Waals surface area contributed by atoms with E-state index in [9.17, 15) is 18.4 Å². The number of halogens is 2. The third-order valence-corrected chi connectivity index (χ3v) is 5.73. The van der Waals surface area contributed by atoms with E-state index < -0.39 is 17.6 Å². The van der Waals surface area contributed by atoms with Gasteiger partial charge in [0.1, 0.15) is 0 Å². The van der Waals surface area contributed by atoms with Gasteiger partial charge in [-0.1, -0.05) is 30.0 Å². The molecule has 0 bridgehead atoms. The van der Waals surface area contributed by atoms with Crippen LogP contribution in [0.5, 0.6) is 0 Å². The third kappa shape index (κ3) is 4.59. The summed E-state index contributed by atoms with van der Waals surface area (Å²) in [5.74, 6) is -3.17. The van der Waals surface area contributed by atoms with Crippen LogP contribution in [-0.2, 0) is 9.59 Å². The number of aliphatic carboxylic acids is 1. The van der Waals surface area contributed by atoms with Crippen molar-refractivity contribution in [1.82, 2.24) is 10.4 Å².